The molecule has 0 fully saturated rings. The van der Waals surface area contributed by atoms with E-state index in [0.29, 0.717) is 5.69 Å². The molecule has 94 valence electrons. The van der Waals surface area contributed by atoms with E-state index in [0.717, 1.165) is 12.1 Å². The van der Waals surface area contributed by atoms with Crippen LogP contribution in [-0.4, -0.2) is 26.0 Å². The van der Waals surface area contributed by atoms with Gasteiger partial charge >= 0.3 is 5.97 Å². The van der Waals surface area contributed by atoms with Gasteiger partial charge in [-0.1, -0.05) is 0 Å². The summed E-state index contributed by atoms with van der Waals surface area (Å²) in [7, 11) is 1.51. The fraction of sp³-hybridized carbons (Fsp3) is 0.0909. The third-order valence-corrected chi connectivity index (χ3v) is 3.01. The molecule has 7 heteroatoms. The van der Waals surface area contributed by atoms with E-state index in [9.17, 15) is 14.3 Å². The maximum atomic E-state index is 13.3. The van der Waals surface area contributed by atoms with E-state index in [2.05, 4.69) is 21.0 Å². The second-order valence-electron chi connectivity index (χ2n) is 3.63. The molecule has 5 nitrogen and oxygen atoms in total. The van der Waals surface area contributed by atoms with Gasteiger partial charge in [0.2, 0.25) is 0 Å². The molecule has 0 aliphatic rings. The number of phenols is 1. The molecule has 18 heavy (non-hydrogen) atoms. The average molecular weight is 315 g/mol. The van der Waals surface area contributed by atoms with Crippen molar-refractivity contribution in [2.45, 2.75) is 0 Å². The molecule has 0 aliphatic heterocycles. The maximum absolute atomic E-state index is 13.3. The van der Waals surface area contributed by atoms with Gasteiger partial charge in [-0.05, 0) is 34.1 Å². The Bertz CT molecular complexity index is 639. The summed E-state index contributed by atoms with van der Waals surface area (Å²) in [6, 6.07) is 3.50. The van der Waals surface area contributed by atoms with Crippen LogP contribution in [-0.2, 0) is 7.05 Å². The summed E-state index contributed by atoms with van der Waals surface area (Å²) in [5.41, 5.74) is 0.307. The first-order chi connectivity index (χ1) is 8.40. The second kappa shape index (κ2) is 4.41. The molecule has 1 aromatic carbocycles. The highest BCUT2D eigenvalue weighted by Crippen LogP contribution is 2.36. The summed E-state index contributed by atoms with van der Waals surface area (Å²) < 4.78 is 14.8. The molecule has 2 N–H and O–H groups in total. The summed E-state index contributed by atoms with van der Waals surface area (Å²) >= 11 is 3.02. The standard InChI is InChI=1S/C11H8BrFN2O3/c1-15-9(4-8(14-15)11(17)18)6-2-5(13)3-7(12)10(6)16/h2-4,16H,1H3,(H,17,18). The SMILES string of the molecule is Cn1nc(C(=O)O)cc1-c1cc(F)cc(Br)c1O. The number of aryl methyl sites for hydroxylation is 1. The first-order valence-corrected chi connectivity index (χ1v) is 5.65. The highest BCUT2D eigenvalue weighted by molar-refractivity contribution is 9.10. The van der Waals surface area contributed by atoms with Crippen LogP contribution in [0.25, 0.3) is 11.3 Å². The molecule has 0 radical (unpaired) electrons. The number of nitrogens with zero attached hydrogens (tertiary/aromatic N) is 2. The van der Waals surface area contributed by atoms with Crippen LogP contribution in [0.2, 0.25) is 0 Å². The summed E-state index contributed by atoms with van der Waals surface area (Å²) in [6.07, 6.45) is 0. The van der Waals surface area contributed by atoms with Gasteiger partial charge in [-0.15, -0.1) is 0 Å². The lowest BCUT2D eigenvalue weighted by Gasteiger charge is -2.06. The van der Waals surface area contributed by atoms with Crippen molar-refractivity contribution in [2.75, 3.05) is 0 Å². The van der Waals surface area contributed by atoms with Crippen molar-refractivity contribution >= 4 is 21.9 Å². The number of phenolic OH excluding ortho intramolecular Hbond substituents is 1. The number of hydrogen-bond donors (Lipinski definition) is 2. The molecule has 0 aliphatic carbocycles. The molecule has 2 rings (SSSR count). The first-order valence-electron chi connectivity index (χ1n) is 4.86. The molecule has 0 saturated carbocycles. The summed E-state index contributed by atoms with van der Waals surface area (Å²) in [5.74, 6) is -1.91. The molecule has 0 amide bonds. The van der Waals surface area contributed by atoms with Crippen molar-refractivity contribution < 1.29 is 19.4 Å². The Kier molecular flexibility index (Phi) is 3.08. The number of benzene rings is 1. The molecular weight excluding hydrogens is 307 g/mol. The fourth-order valence-corrected chi connectivity index (χ4v) is 2.02. The van der Waals surface area contributed by atoms with Crippen LogP contribution in [0.4, 0.5) is 4.39 Å². The second-order valence-corrected chi connectivity index (χ2v) is 4.48. The predicted octanol–water partition coefficient (Wildman–Crippen LogP) is 2.39. The normalized spacial score (nSPS) is 10.6. The Labute approximate surface area is 110 Å². The molecule has 0 bridgehead atoms. The fourth-order valence-electron chi connectivity index (χ4n) is 1.59. The Hall–Kier alpha value is -1.89. The van der Waals surface area contributed by atoms with Gasteiger partial charge in [0.05, 0.1) is 10.2 Å². The van der Waals surface area contributed by atoms with Gasteiger partial charge < -0.3 is 10.2 Å². The van der Waals surface area contributed by atoms with E-state index < -0.39 is 11.8 Å². The molecule has 0 saturated heterocycles. The number of aromatic nitrogens is 2. The zero-order valence-electron chi connectivity index (χ0n) is 9.19. The van der Waals surface area contributed by atoms with E-state index in [1.807, 2.05) is 0 Å². The lowest BCUT2D eigenvalue weighted by molar-refractivity contribution is 0.0689. The Morgan fingerprint density at radius 1 is 1.44 bits per heavy atom. The molecule has 0 spiro atoms. The predicted molar refractivity (Wildman–Crippen MR) is 64.9 cm³/mol. The van der Waals surface area contributed by atoms with Crippen molar-refractivity contribution in [3.63, 3.8) is 0 Å². The van der Waals surface area contributed by atoms with Crippen LogP contribution in [0.3, 0.4) is 0 Å². The average Bonchev–Trinajstić information content (AvgIpc) is 2.66. The molecular formula is C11H8BrFN2O3. The van der Waals surface area contributed by atoms with Crippen LogP contribution in [0, 0.1) is 5.82 Å². The van der Waals surface area contributed by atoms with Crippen molar-refractivity contribution in [2.24, 2.45) is 7.05 Å². The van der Waals surface area contributed by atoms with Gasteiger partial charge in [0, 0.05) is 12.6 Å². The highest BCUT2D eigenvalue weighted by Gasteiger charge is 2.17. The number of aromatic hydroxyl groups is 1. The van der Waals surface area contributed by atoms with Gasteiger partial charge in [-0.3, -0.25) is 4.68 Å². The minimum absolute atomic E-state index is 0.170. The number of rotatable bonds is 2. The molecule has 0 atom stereocenters. The van der Waals surface area contributed by atoms with Crippen LogP contribution in [0.15, 0.2) is 22.7 Å². The topological polar surface area (TPSA) is 75.4 Å². The Balaban J connectivity index is 2.65. The lowest BCUT2D eigenvalue weighted by Crippen LogP contribution is -1.99. The monoisotopic (exact) mass is 314 g/mol. The van der Waals surface area contributed by atoms with Crippen LogP contribution < -0.4 is 0 Å². The zero-order chi connectivity index (χ0) is 13.4. The van der Waals surface area contributed by atoms with Crippen LogP contribution in [0.5, 0.6) is 5.75 Å². The molecule has 1 aromatic heterocycles. The number of halogens is 2. The first kappa shape index (κ1) is 12.6. The Morgan fingerprint density at radius 2 is 2.11 bits per heavy atom. The zero-order valence-corrected chi connectivity index (χ0v) is 10.8. The van der Waals surface area contributed by atoms with Gasteiger partial charge in [0.15, 0.2) is 5.69 Å². The molecule has 2 aromatic rings. The summed E-state index contributed by atoms with van der Waals surface area (Å²) in [4.78, 5) is 10.8. The summed E-state index contributed by atoms with van der Waals surface area (Å²) in [5, 5.41) is 22.4. The molecule has 0 unspecified atom stereocenters. The smallest absolute Gasteiger partial charge is 0.356 e. The van der Waals surface area contributed by atoms with E-state index in [1.54, 1.807) is 0 Å². The van der Waals surface area contributed by atoms with Gasteiger partial charge in [0.1, 0.15) is 11.6 Å². The number of aromatic carboxylic acids is 1. The third-order valence-electron chi connectivity index (χ3n) is 2.40. The quantitative estimate of drug-likeness (QED) is 0.892. The van der Waals surface area contributed by atoms with Crippen molar-refractivity contribution in [3.8, 4) is 17.0 Å². The van der Waals surface area contributed by atoms with Gasteiger partial charge in [-0.25, -0.2) is 9.18 Å². The minimum Gasteiger partial charge on any atom is -0.506 e. The minimum atomic E-state index is -1.19. The van der Waals surface area contributed by atoms with Gasteiger partial charge in [-0.2, -0.15) is 5.10 Å². The largest absolute Gasteiger partial charge is 0.506 e. The molecule has 1 heterocycles. The van der Waals surface area contributed by atoms with Crippen molar-refractivity contribution in [1.29, 1.82) is 0 Å². The van der Waals surface area contributed by atoms with E-state index >= 15 is 0 Å². The van der Waals surface area contributed by atoms with Crippen molar-refractivity contribution in [1.82, 2.24) is 9.78 Å². The maximum Gasteiger partial charge on any atom is 0.356 e. The van der Waals surface area contributed by atoms with Crippen LogP contribution in [0.1, 0.15) is 10.5 Å². The van der Waals surface area contributed by atoms with Crippen LogP contribution >= 0.6 is 15.9 Å². The number of hydrogen-bond acceptors (Lipinski definition) is 3. The lowest BCUT2D eigenvalue weighted by atomic mass is 10.1. The van der Waals surface area contributed by atoms with E-state index in [1.165, 1.54) is 17.8 Å². The van der Waals surface area contributed by atoms with Gasteiger partial charge in [0.25, 0.3) is 0 Å². The van der Waals surface area contributed by atoms with E-state index in [-0.39, 0.29) is 21.5 Å². The number of carboxylic acids is 1. The highest BCUT2D eigenvalue weighted by atomic mass is 79.9. The van der Waals surface area contributed by atoms with Crippen molar-refractivity contribution in [3.05, 3.63) is 34.2 Å². The number of carbonyl (C=O) groups is 1. The third kappa shape index (κ3) is 2.08. The summed E-state index contributed by atoms with van der Waals surface area (Å²) in [6.45, 7) is 0. The Morgan fingerprint density at radius 3 is 2.67 bits per heavy atom. The van der Waals surface area contributed by atoms with E-state index in [4.69, 9.17) is 5.11 Å². The number of carboxylic acid groups (broad SMARTS) is 1.